The number of aliphatic carboxylic acids is 1. The van der Waals surface area contributed by atoms with Gasteiger partial charge in [0.1, 0.15) is 0 Å². The van der Waals surface area contributed by atoms with Crippen LogP contribution in [0.2, 0.25) is 0 Å². The van der Waals surface area contributed by atoms with Crippen molar-refractivity contribution < 1.29 is 14.7 Å². The van der Waals surface area contributed by atoms with Gasteiger partial charge in [-0.15, -0.1) is 0 Å². The molecule has 1 aliphatic heterocycles. The van der Waals surface area contributed by atoms with Crippen LogP contribution in [0.1, 0.15) is 46.0 Å². The molecule has 5 heteroatoms. The van der Waals surface area contributed by atoms with E-state index in [9.17, 15) is 14.7 Å². The van der Waals surface area contributed by atoms with Crippen molar-refractivity contribution in [2.75, 3.05) is 13.1 Å². The summed E-state index contributed by atoms with van der Waals surface area (Å²) in [6.07, 6.45) is 4.56. The number of nitrogens with zero attached hydrogens (tertiary/aromatic N) is 1. The fourth-order valence-corrected chi connectivity index (χ4v) is 3.68. The number of rotatable bonds is 2. The third-order valence-corrected chi connectivity index (χ3v) is 4.55. The van der Waals surface area contributed by atoms with Crippen LogP contribution in [0.4, 0.5) is 4.79 Å². The minimum Gasteiger partial charge on any atom is -0.481 e. The molecule has 2 aliphatic rings. The van der Waals surface area contributed by atoms with Crippen molar-refractivity contribution in [3.63, 3.8) is 0 Å². The number of hydrogen-bond donors (Lipinski definition) is 2. The van der Waals surface area contributed by atoms with Crippen LogP contribution in [-0.4, -0.2) is 41.1 Å². The van der Waals surface area contributed by atoms with Gasteiger partial charge in [0.2, 0.25) is 0 Å². The van der Waals surface area contributed by atoms with Crippen molar-refractivity contribution in [1.82, 2.24) is 10.2 Å². The Labute approximate surface area is 120 Å². The number of carboxylic acids is 1. The molecule has 4 unspecified atom stereocenters. The lowest BCUT2D eigenvalue weighted by atomic mass is 9.84. The zero-order valence-corrected chi connectivity index (χ0v) is 12.5. The highest BCUT2D eigenvalue weighted by atomic mass is 16.4. The quantitative estimate of drug-likeness (QED) is 0.816. The predicted molar refractivity (Wildman–Crippen MR) is 76.4 cm³/mol. The van der Waals surface area contributed by atoms with Gasteiger partial charge >= 0.3 is 12.0 Å². The summed E-state index contributed by atoms with van der Waals surface area (Å²) in [5, 5.41) is 12.2. The molecular weight excluding hydrogens is 256 g/mol. The molecule has 114 valence electrons. The fourth-order valence-electron chi connectivity index (χ4n) is 3.68. The lowest BCUT2D eigenvalue weighted by molar-refractivity contribution is -0.143. The van der Waals surface area contributed by atoms with E-state index in [-0.39, 0.29) is 12.1 Å². The second-order valence-corrected chi connectivity index (χ2v) is 6.64. The number of amides is 2. The Bertz CT molecular complexity index is 362. The Balaban J connectivity index is 1.94. The summed E-state index contributed by atoms with van der Waals surface area (Å²) in [4.78, 5) is 25.5. The van der Waals surface area contributed by atoms with Crippen molar-refractivity contribution in [3.05, 3.63) is 0 Å². The van der Waals surface area contributed by atoms with Gasteiger partial charge in [-0.2, -0.15) is 0 Å². The first-order valence-electron chi connectivity index (χ1n) is 7.75. The van der Waals surface area contributed by atoms with E-state index < -0.39 is 11.9 Å². The molecule has 2 rings (SSSR count). The minimum absolute atomic E-state index is 0.0819. The van der Waals surface area contributed by atoms with Gasteiger partial charge in [0.25, 0.3) is 0 Å². The highest BCUT2D eigenvalue weighted by Gasteiger charge is 2.34. The molecule has 0 aromatic rings. The van der Waals surface area contributed by atoms with Crippen LogP contribution in [0.15, 0.2) is 0 Å². The van der Waals surface area contributed by atoms with Gasteiger partial charge in [0.15, 0.2) is 0 Å². The first-order valence-corrected chi connectivity index (χ1v) is 7.75. The van der Waals surface area contributed by atoms with Crippen LogP contribution in [-0.2, 0) is 4.79 Å². The number of hydrogen-bond acceptors (Lipinski definition) is 2. The van der Waals surface area contributed by atoms with Gasteiger partial charge in [0.05, 0.1) is 5.92 Å². The molecule has 0 bridgehead atoms. The lowest BCUT2D eigenvalue weighted by Gasteiger charge is -2.37. The minimum atomic E-state index is -0.782. The van der Waals surface area contributed by atoms with Crippen LogP contribution in [0.3, 0.4) is 0 Å². The van der Waals surface area contributed by atoms with E-state index in [1.54, 1.807) is 0 Å². The lowest BCUT2D eigenvalue weighted by Crippen LogP contribution is -2.53. The summed E-state index contributed by atoms with van der Waals surface area (Å²) in [6, 6.07) is -0.289. The number of piperidine rings is 1. The third-order valence-electron chi connectivity index (χ3n) is 4.55. The van der Waals surface area contributed by atoms with E-state index in [0.29, 0.717) is 18.3 Å². The summed E-state index contributed by atoms with van der Waals surface area (Å²) < 4.78 is 0. The number of carbonyl (C=O) groups excluding carboxylic acids is 1. The van der Waals surface area contributed by atoms with Crippen molar-refractivity contribution >= 4 is 12.0 Å². The van der Waals surface area contributed by atoms with Gasteiger partial charge in [-0.05, 0) is 31.1 Å². The Morgan fingerprint density at radius 3 is 2.30 bits per heavy atom. The molecule has 0 aromatic heterocycles. The molecule has 1 saturated heterocycles. The Morgan fingerprint density at radius 1 is 1.10 bits per heavy atom. The molecule has 20 heavy (non-hydrogen) atoms. The predicted octanol–water partition coefficient (Wildman–Crippen LogP) is 2.32. The summed E-state index contributed by atoms with van der Waals surface area (Å²) in [5.74, 6) is -0.167. The molecule has 5 nitrogen and oxygen atoms in total. The van der Waals surface area contributed by atoms with E-state index in [0.717, 1.165) is 38.8 Å². The monoisotopic (exact) mass is 282 g/mol. The number of likely N-dealkylation sites (tertiary alicyclic amines) is 1. The van der Waals surface area contributed by atoms with Crippen LogP contribution in [0, 0.1) is 17.8 Å². The van der Waals surface area contributed by atoms with Gasteiger partial charge in [-0.3, -0.25) is 4.79 Å². The molecule has 0 radical (unpaired) electrons. The molecule has 1 heterocycles. The van der Waals surface area contributed by atoms with Crippen molar-refractivity contribution in [1.29, 1.82) is 0 Å². The van der Waals surface area contributed by atoms with Gasteiger partial charge in [-0.1, -0.05) is 26.7 Å². The smallest absolute Gasteiger partial charge is 0.317 e. The van der Waals surface area contributed by atoms with Crippen molar-refractivity contribution in [2.24, 2.45) is 17.8 Å². The zero-order chi connectivity index (χ0) is 14.7. The average molecular weight is 282 g/mol. The Kier molecular flexibility index (Phi) is 4.89. The molecular formula is C15H26N2O3. The number of nitrogens with one attached hydrogen (secondary N) is 1. The van der Waals surface area contributed by atoms with E-state index in [1.165, 1.54) is 0 Å². The second-order valence-electron chi connectivity index (χ2n) is 6.64. The van der Waals surface area contributed by atoms with Crippen molar-refractivity contribution in [2.45, 2.75) is 52.0 Å². The molecule has 2 N–H and O–H groups in total. The number of urea groups is 1. The van der Waals surface area contributed by atoms with E-state index >= 15 is 0 Å². The normalized spacial score (nSPS) is 34.6. The molecule has 0 aromatic carbocycles. The van der Waals surface area contributed by atoms with Gasteiger partial charge < -0.3 is 15.3 Å². The Hall–Kier alpha value is -1.26. The molecule has 1 aliphatic carbocycles. The summed E-state index contributed by atoms with van der Waals surface area (Å²) in [7, 11) is 0. The maximum Gasteiger partial charge on any atom is 0.317 e. The van der Waals surface area contributed by atoms with E-state index in [4.69, 9.17) is 0 Å². The highest BCUT2D eigenvalue weighted by molar-refractivity contribution is 5.77. The SMILES string of the molecule is CC1CC(C)CN(C(=O)NC2CCCCC2C(=O)O)C1. The Morgan fingerprint density at radius 2 is 1.70 bits per heavy atom. The average Bonchev–Trinajstić information content (AvgIpc) is 2.37. The van der Waals surface area contributed by atoms with E-state index in [2.05, 4.69) is 19.2 Å². The summed E-state index contributed by atoms with van der Waals surface area (Å²) in [6.45, 7) is 5.88. The molecule has 2 fully saturated rings. The number of carbonyl (C=O) groups is 2. The molecule has 0 spiro atoms. The fraction of sp³-hybridized carbons (Fsp3) is 0.867. The largest absolute Gasteiger partial charge is 0.481 e. The highest BCUT2D eigenvalue weighted by Crippen LogP contribution is 2.26. The molecule has 1 saturated carbocycles. The topological polar surface area (TPSA) is 69.6 Å². The van der Waals surface area contributed by atoms with Gasteiger partial charge in [-0.25, -0.2) is 4.79 Å². The number of carboxylic acid groups (broad SMARTS) is 1. The second kappa shape index (κ2) is 6.46. The molecule has 2 amide bonds. The van der Waals surface area contributed by atoms with Gasteiger partial charge in [0, 0.05) is 19.1 Å². The third kappa shape index (κ3) is 3.64. The maximum absolute atomic E-state index is 12.3. The van der Waals surface area contributed by atoms with E-state index in [1.807, 2.05) is 4.90 Å². The van der Waals surface area contributed by atoms with Crippen LogP contribution in [0.5, 0.6) is 0 Å². The molecule has 4 atom stereocenters. The van der Waals surface area contributed by atoms with Crippen LogP contribution < -0.4 is 5.32 Å². The summed E-state index contributed by atoms with van der Waals surface area (Å²) in [5.41, 5.74) is 0. The standard InChI is InChI=1S/C15H26N2O3/c1-10-7-11(2)9-17(8-10)15(20)16-13-6-4-3-5-12(13)14(18)19/h10-13H,3-9H2,1-2H3,(H,16,20)(H,18,19). The maximum atomic E-state index is 12.3. The zero-order valence-electron chi connectivity index (χ0n) is 12.5. The first kappa shape index (κ1) is 15.1. The first-order chi connectivity index (χ1) is 9.47. The van der Waals surface area contributed by atoms with Crippen LogP contribution >= 0.6 is 0 Å². The van der Waals surface area contributed by atoms with Crippen molar-refractivity contribution in [3.8, 4) is 0 Å². The van der Waals surface area contributed by atoms with Crippen LogP contribution in [0.25, 0.3) is 0 Å². The summed E-state index contributed by atoms with van der Waals surface area (Å²) >= 11 is 0.